The lowest BCUT2D eigenvalue weighted by atomic mass is 9.71. The lowest BCUT2D eigenvalue weighted by molar-refractivity contribution is -0.140. The first kappa shape index (κ1) is 29.5. The molecule has 1 heterocycles. The Kier molecular flexibility index (Phi) is 9.42. The van der Waals surface area contributed by atoms with E-state index < -0.39 is 11.9 Å². The van der Waals surface area contributed by atoms with Crippen molar-refractivity contribution < 1.29 is 38.0 Å². The number of benzene rings is 2. The second-order valence-electron chi connectivity index (χ2n) is 9.50. The zero-order chi connectivity index (χ0) is 29.0. The molecule has 1 aliphatic carbocycles. The van der Waals surface area contributed by atoms with E-state index in [4.69, 9.17) is 28.4 Å². The molecule has 9 nitrogen and oxygen atoms in total. The van der Waals surface area contributed by atoms with Crippen LogP contribution in [-0.4, -0.2) is 60.5 Å². The summed E-state index contributed by atoms with van der Waals surface area (Å²) in [5.74, 6) is 0.901. The number of hydrogen-bond donors (Lipinski definition) is 1. The molecule has 1 N–H and O–H groups in total. The second-order valence-corrected chi connectivity index (χ2v) is 10.4. The molecule has 10 heteroatoms. The molecule has 0 unspecified atom stereocenters. The van der Waals surface area contributed by atoms with E-state index in [-0.39, 0.29) is 31.3 Å². The highest BCUT2D eigenvalue weighted by atomic mass is 79.9. The number of ether oxygens (including phenoxy) is 6. The van der Waals surface area contributed by atoms with Gasteiger partial charge in [0.15, 0.2) is 28.8 Å². The smallest absolute Gasteiger partial charge is 0.336 e. The van der Waals surface area contributed by atoms with Gasteiger partial charge < -0.3 is 33.7 Å². The molecule has 0 amide bonds. The summed E-state index contributed by atoms with van der Waals surface area (Å²) in [6, 6.07) is 9.37. The van der Waals surface area contributed by atoms with Crippen LogP contribution in [0.5, 0.6) is 23.0 Å². The Morgan fingerprint density at radius 2 is 1.60 bits per heavy atom. The van der Waals surface area contributed by atoms with Crippen molar-refractivity contribution in [3.63, 3.8) is 0 Å². The number of hydrogen-bond acceptors (Lipinski definition) is 9. The van der Waals surface area contributed by atoms with Crippen molar-refractivity contribution >= 4 is 27.7 Å². The molecule has 4 rings (SSSR count). The number of dihydropyridines is 1. The van der Waals surface area contributed by atoms with Gasteiger partial charge in [-0.05, 0) is 70.6 Å². The number of methoxy groups -OCH3 is 5. The molecule has 2 aromatic carbocycles. The summed E-state index contributed by atoms with van der Waals surface area (Å²) in [6.07, 6.45) is 0.844. The average Bonchev–Trinajstić information content (AvgIpc) is 2.95. The summed E-state index contributed by atoms with van der Waals surface area (Å²) in [5.41, 5.74) is 3.98. The van der Waals surface area contributed by atoms with Crippen molar-refractivity contribution in [1.82, 2.24) is 5.32 Å². The average molecular weight is 617 g/mol. The molecule has 0 radical (unpaired) electrons. The van der Waals surface area contributed by atoms with Crippen molar-refractivity contribution in [2.75, 3.05) is 48.8 Å². The maximum absolute atomic E-state index is 14.0. The van der Waals surface area contributed by atoms with Gasteiger partial charge >= 0.3 is 5.97 Å². The summed E-state index contributed by atoms with van der Waals surface area (Å²) < 4.78 is 33.2. The highest BCUT2D eigenvalue weighted by Gasteiger charge is 2.42. The van der Waals surface area contributed by atoms with Gasteiger partial charge in [-0.1, -0.05) is 6.07 Å². The van der Waals surface area contributed by atoms with Crippen LogP contribution in [0.3, 0.4) is 0 Å². The first-order valence-corrected chi connectivity index (χ1v) is 13.6. The van der Waals surface area contributed by atoms with Crippen LogP contribution in [0.2, 0.25) is 0 Å². The fraction of sp³-hybridized carbons (Fsp3) is 0.400. The van der Waals surface area contributed by atoms with E-state index in [1.54, 1.807) is 34.5 Å². The molecule has 2 aliphatic rings. The van der Waals surface area contributed by atoms with Gasteiger partial charge in [0.25, 0.3) is 0 Å². The normalized spacial score (nSPS) is 18.6. The highest BCUT2D eigenvalue weighted by Crippen LogP contribution is 2.49. The maximum Gasteiger partial charge on any atom is 0.336 e. The van der Waals surface area contributed by atoms with Crippen molar-refractivity contribution in [1.29, 1.82) is 0 Å². The predicted molar refractivity (Wildman–Crippen MR) is 152 cm³/mol. The van der Waals surface area contributed by atoms with Crippen molar-refractivity contribution in [2.45, 2.75) is 31.6 Å². The van der Waals surface area contributed by atoms with E-state index in [0.717, 1.165) is 11.3 Å². The number of allylic oxidation sites excluding steroid dienone is 3. The van der Waals surface area contributed by atoms with Gasteiger partial charge in [-0.15, -0.1) is 0 Å². The molecule has 2 aromatic rings. The van der Waals surface area contributed by atoms with Gasteiger partial charge in [0.1, 0.15) is 6.61 Å². The minimum absolute atomic E-state index is 0.0564. The van der Waals surface area contributed by atoms with Crippen LogP contribution in [-0.2, 0) is 19.1 Å². The van der Waals surface area contributed by atoms with Gasteiger partial charge in [-0.25, -0.2) is 4.79 Å². The van der Waals surface area contributed by atoms with E-state index in [9.17, 15) is 9.59 Å². The summed E-state index contributed by atoms with van der Waals surface area (Å²) in [7, 11) is 7.81. The first-order chi connectivity index (χ1) is 19.3. The third-order valence-electron chi connectivity index (χ3n) is 7.24. The van der Waals surface area contributed by atoms with E-state index in [1.165, 1.54) is 7.11 Å². The molecule has 214 valence electrons. The van der Waals surface area contributed by atoms with E-state index in [2.05, 4.69) is 21.2 Å². The largest absolute Gasteiger partial charge is 0.493 e. The third-order valence-corrected chi connectivity index (χ3v) is 7.83. The molecular weight excluding hydrogens is 582 g/mol. The first-order valence-electron chi connectivity index (χ1n) is 12.8. The van der Waals surface area contributed by atoms with Crippen LogP contribution in [0.1, 0.15) is 42.7 Å². The molecular formula is C30H34BrNO8. The van der Waals surface area contributed by atoms with Gasteiger partial charge in [0, 0.05) is 36.4 Å². The maximum atomic E-state index is 14.0. The third kappa shape index (κ3) is 5.69. The minimum Gasteiger partial charge on any atom is -0.493 e. The minimum atomic E-state index is -0.666. The quantitative estimate of drug-likeness (QED) is 0.291. The zero-order valence-corrected chi connectivity index (χ0v) is 25.1. The number of ketones is 1. The number of Topliss-reactive ketones (excluding diaryl/α,β-unsaturated/α-hetero) is 1. The van der Waals surface area contributed by atoms with Crippen molar-refractivity contribution in [2.24, 2.45) is 0 Å². The number of carbonyl (C=O) groups is 2. The molecule has 0 saturated carbocycles. The van der Waals surface area contributed by atoms with Crippen LogP contribution in [0.15, 0.2) is 57.3 Å². The summed E-state index contributed by atoms with van der Waals surface area (Å²) >= 11 is 3.57. The molecule has 0 aromatic heterocycles. The van der Waals surface area contributed by atoms with Crippen molar-refractivity contribution in [3.05, 3.63) is 68.5 Å². The van der Waals surface area contributed by atoms with Gasteiger partial charge in [-0.3, -0.25) is 4.79 Å². The van der Waals surface area contributed by atoms with Crippen LogP contribution in [0, 0.1) is 0 Å². The Morgan fingerprint density at radius 3 is 2.25 bits per heavy atom. The lowest BCUT2D eigenvalue weighted by Gasteiger charge is -2.37. The van der Waals surface area contributed by atoms with Gasteiger partial charge in [0.05, 0.1) is 45.1 Å². The predicted octanol–water partition coefficient (Wildman–Crippen LogP) is 5.03. The van der Waals surface area contributed by atoms with Crippen LogP contribution >= 0.6 is 15.9 Å². The number of halogens is 1. The Hall–Kier alpha value is -3.50. The Morgan fingerprint density at radius 1 is 0.900 bits per heavy atom. The summed E-state index contributed by atoms with van der Waals surface area (Å²) in [4.78, 5) is 27.4. The number of carbonyl (C=O) groups excluding carboxylic acids is 2. The van der Waals surface area contributed by atoms with E-state index in [1.807, 2.05) is 31.2 Å². The number of nitrogens with one attached hydrogen (secondary N) is 1. The van der Waals surface area contributed by atoms with Crippen molar-refractivity contribution in [3.8, 4) is 23.0 Å². The van der Waals surface area contributed by atoms with Crippen LogP contribution in [0.25, 0.3) is 0 Å². The fourth-order valence-electron chi connectivity index (χ4n) is 5.39. The lowest BCUT2D eigenvalue weighted by Crippen LogP contribution is -2.36. The monoisotopic (exact) mass is 615 g/mol. The van der Waals surface area contributed by atoms with E-state index in [0.29, 0.717) is 56.3 Å². The topological polar surface area (TPSA) is 102 Å². The Balaban J connectivity index is 1.81. The number of rotatable bonds is 10. The van der Waals surface area contributed by atoms with Crippen LogP contribution in [0.4, 0.5) is 0 Å². The molecule has 0 bridgehead atoms. The molecule has 40 heavy (non-hydrogen) atoms. The molecule has 2 atom stereocenters. The Bertz CT molecular complexity index is 1370. The summed E-state index contributed by atoms with van der Waals surface area (Å²) in [6.45, 7) is 2.18. The zero-order valence-electron chi connectivity index (χ0n) is 23.5. The number of esters is 1. The second kappa shape index (κ2) is 12.8. The molecule has 0 fully saturated rings. The summed E-state index contributed by atoms with van der Waals surface area (Å²) in [5, 5.41) is 3.37. The molecule has 0 spiro atoms. The Labute approximate surface area is 242 Å². The molecule has 0 saturated heterocycles. The van der Waals surface area contributed by atoms with Gasteiger partial charge in [-0.2, -0.15) is 0 Å². The highest BCUT2D eigenvalue weighted by molar-refractivity contribution is 9.10. The SMILES string of the molecule is COCCOC(=O)C1=C(C)NC2=C(C(=O)C[C@@H](c3ccc(OC)c(OC)c3)C2)[C@H]1c1cc(Br)c(OC)c(OC)c1. The fourth-order valence-corrected chi connectivity index (χ4v) is 6.01. The van der Waals surface area contributed by atoms with E-state index >= 15 is 0 Å². The standard InChI is InChI=1S/C30H34BrNO8/c1-16-26(30(34)40-10-9-35-2)27(19-11-20(31)29(39-6)25(15-19)38-5)28-21(32-16)12-18(13-22(28)33)17-7-8-23(36-3)24(14-17)37-4/h7-8,11,14-15,18,27,32H,9-10,12-13H2,1-6H3/t18-,27-/m0/s1. The van der Waals surface area contributed by atoms with Crippen LogP contribution < -0.4 is 24.3 Å². The molecule has 1 aliphatic heterocycles. The van der Waals surface area contributed by atoms with Gasteiger partial charge in [0.2, 0.25) is 0 Å².